The molecule has 0 aliphatic rings. The van der Waals surface area contributed by atoms with Gasteiger partial charge in [-0.2, -0.15) is 0 Å². The maximum absolute atomic E-state index is 13.9. The van der Waals surface area contributed by atoms with E-state index < -0.39 is 0 Å². The van der Waals surface area contributed by atoms with E-state index in [0.717, 1.165) is 22.4 Å². The molecular weight excluding hydrogens is 385 g/mol. The van der Waals surface area contributed by atoms with Crippen LogP contribution in [-0.4, -0.2) is 10.2 Å². The maximum atomic E-state index is 13.9. The fourth-order valence-corrected chi connectivity index (χ4v) is 4.01. The summed E-state index contributed by atoms with van der Waals surface area (Å²) in [5, 5.41) is 12.5. The van der Waals surface area contributed by atoms with Crippen LogP contribution in [0.15, 0.2) is 70.5 Å². The summed E-state index contributed by atoms with van der Waals surface area (Å²) in [4.78, 5) is 0.952. The first-order valence-corrected chi connectivity index (χ1v) is 10.6. The van der Waals surface area contributed by atoms with Gasteiger partial charge in [0.15, 0.2) is 6.04 Å². The van der Waals surface area contributed by atoms with Crippen molar-refractivity contribution < 1.29 is 14.1 Å². The van der Waals surface area contributed by atoms with Crippen molar-refractivity contribution in [1.29, 1.82) is 0 Å². The Labute approximate surface area is 173 Å². The number of thiophene rings is 1. The van der Waals surface area contributed by atoms with Gasteiger partial charge in [0.05, 0.1) is 4.88 Å². The predicted octanol–water partition coefficient (Wildman–Crippen LogP) is 4.91. The fourth-order valence-electron chi connectivity index (χ4n) is 3.36. The van der Waals surface area contributed by atoms with Gasteiger partial charge in [-0.3, -0.25) is 0 Å². The minimum atomic E-state index is -0.239. The van der Waals surface area contributed by atoms with Crippen molar-refractivity contribution in [2.75, 3.05) is 0 Å². The SMILES string of the molecule is CCc1ccc([C@H]([NH2+][C@@H](C)c2nnc(-c3cccs3)o2)c2cccc(F)c2)cc1. The van der Waals surface area contributed by atoms with Crippen LogP contribution in [0.5, 0.6) is 0 Å². The Balaban J connectivity index is 1.62. The second-order valence-electron chi connectivity index (χ2n) is 7.03. The van der Waals surface area contributed by atoms with Gasteiger partial charge in [-0.05, 0) is 42.5 Å². The van der Waals surface area contributed by atoms with Gasteiger partial charge >= 0.3 is 0 Å². The Bertz CT molecular complexity index is 1060. The number of aromatic nitrogens is 2. The second-order valence-corrected chi connectivity index (χ2v) is 7.98. The monoisotopic (exact) mass is 408 g/mol. The number of hydrogen-bond acceptors (Lipinski definition) is 4. The molecular formula is C23H23FN3OS+. The van der Waals surface area contributed by atoms with Crippen molar-refractivity contribution in [3.05, 3.63) is 94.4 Å². The molecule has 29 heavy (non-hydrogen) atoms. The summed E-state index contributed by atoms with van der Waals surface area (Å²) in [7, 11) is 0. The first-order chi connectivity index (χ1) is 14.1. The summed E-state index contributed by atoms with van der Waals surface area (Å²) < 4.78 is 19.8. The van der Waals surface area contributed by atoms with E-state index >= 15 is 0 Å². The van der Waals surface area contributed by atoms with Crippen molar-refractivity contribution in [3.8, 4) is 10.8 Å². The Morgan fingerprint density at radius 1 is 1.03 bits per heavy atom. The third kappa shape index (κ3) is 4.44. The molecule has 148 valence electrons. The summed E-state index contributed by atoms with van der Waals surface area (Å²) in [5.74, 6) is 0.848. The minimum Gasteiger partial charge on any atom is -0.414 e. The molecule has 4 nitrogen and oxygen atoms in total. The van der Waals surface area contributed by atoms with E-state index in [1.165, 1.54) is 11.6 Å². The molecule has 0 radical (unpaired) electrons. The maximum Gasteiger partial charge on any atom is 0.274 e. The number of benzene rings is 2. The number of hydrogen-bond donors (Lipinski definition) is 1. The number of aryl methyl sites for hydroxylation is 1. The van der Waals surface area contributed by atoms with Crippen LogP contribution in [0.25, 0.3) is 10.8 Å². The van der Waals surface area contributed by atoms with E-state index in [1.54, 1.807) is 23.5 Å². The summed E-state index contributed by atoms with van der Waals surface area (Å²) in [5.41, 5.74) is 3.29. The highest BCUT2D eigenvalue weighted by atomic mass is 32.1. The molecule has 0 spiro atoms. The average molecular weight is 409 g/mol. The summed E-state index contributed by atoms with van der Waals surface area (Å²) >= 11 is 1.57. The third-order valence-electron chi connectivity index (χ3n) is 5.00. The van der Waals surface area contributed by atoms with Crippen LogP contribution >= 0.6 is 11.3 Å². The number of nitrogens with two attached hydrogens (primary N) is 1. The quantitative estimate of drug-likeness (QED) is 0.473. The first kappa shape index (κ1) is 19.5. The van der Waals surface area contributed by atoms with Crippen LogP contribution in [0.1, 0.15) is 48.5 Å². The lowest BCUT2D eigenvalue weighted by Gasteiger charge is -2.19. The van der Waals surface area contributed by atoms with Gasteiger partial charge in [-0.25, -0.2) is 4.39 Å². The van der Waals surface area contributed by atoms with E-state index in [4.69, 9.17) is 4.42 Å². The highest BCUT2D eigenvalue weighted by Gasteiger charge is 2.25. The Hall–Kier alpha value is -2.83. The molecule has 0 unspecified atom stereocenters. The zero-order valence-electron chi connectivity index (χ0n) is 16.4. The van der Waals surface area contributed by atoms with Gasteiger partial charge in [0.2, 0.25) is 0 Å². The van der Waals surface area contributed by atoms with Gasteiger partial charge in [0.1, 0.15) is 11.9 Å². The smallest absolute Gasteiger partial charge is 0.274 e. The van der Waals surface area contributed by atoms with E-state index in [-0.39, 0.29) is 17.9 Å². The second kappa shape index (κ2) is 8.68. The van der Waals surface area contributed by atoms with E-state index in [1.807, 2.05) is 30.5 Å². The van der Waals surface area contributed by atoms with Crippen LogP contribution < -0.4 is 5.32 Å². The van der Waals surface area contributed by atoms with Gasteiger partial charge in [-0.1, -0.05) is 49.4 Å². The van der Waals surface area contributed by atoms with Gasteiger partial charge in [-0.15, -0.1) is 21.5 Å². The number of nitrogens with zero attached hydrogens (tertiary/aromatic N) is 2. The summed E-state index contributed by atoms with van der Waals surface area (Å²) in [6.07, 6.45) is 0.985. The van der Waals surface area contributed by atoms with Crippen LogP contribution in [-0.2, 0) is 6.42 Å². The van der Waals surface area contributed by atoms with Crippen molar-refractivity contribution in [2.24, 2.45) is 0 Å². The van der Waals surface area contributed by atoms with Crippen LogP contribution in [0.2, 0.25) is 0 Å². The van der Waals surface area contributed by atoms with E-state index in [9.17, 15) is 4.39 Å². The molecule has 0 aliphatic carbocycles. The molecule has 0 fully saturated rings. The molecule has 4 aromatic rings. The lowest BCUT2D eigenvalue weighted by molar-refractivity contribution is -0.725. The molecule has 0 aliphatic heterocycles. The standard InChI is InChI=1S/C23H22FN3OS/c1-3-16-9-11-17(12-10-16)21(18-6-4-7-19(24)14-18)25-15(2)22-26-27-23(28-22)20-8-5-13-29-20/h4-15,21,25H,3H2,1-2H3/p+1/t15-,21-/m0/s1. The minimum absolute atomic E-state index is 0.0799. The average Bonchev–Trinajstić information content (AvgIpc) is 3.43. The van der Waals surface area contributed by atoms with Gasteiger partial charge in [0.25, 0.3) is 11.8 Å². The lowest BCUT2D eigenvalue weighted by Crippen LogP contribution is -2.86. The van der Waals surface area contributed by atoms with Crippen LogP contribution in [0.4, 0.5) is 4.39 Å². The Kier molecular flexibility index (Phi) is 5.83. The molecule has 6 heteroatoms. The van der Waals surface area contributed by atoms with Crippen molar-refractivity contribution in [3.63, 3.8) is 0 Å². The molecule has 0 saturated heterocycles. The molecule has 2 aromatic carbocycles. The lowest BCUT2D eigenvalue weighted by atomic mass is 9.96. The molecule has 0 amide bonds. The van der Waals surface area contributed by atoms with Crippen molar-refractivity contribution in [2.45, 2.75) is 32.4 Å². The number of quaternary nitrogens is 1. The van der Waals surface area contributed by atoms with E-state index in [0.29, 0.717) is 11.8 Å². The van der Waals surface area contributed by atoms with Crippen molar-refractivity contribution in [1.82, 2.24) is 10.2 Å². The predicted molar refractivity (Wildman–Crippen MR) is 112 cm³/mol. The van der Waals surface area contributed by atoms with Crippen LogP contribution in [0.3, 0.4) is 0 Å². The van der Waals surface area contributed by atoms with Crippen molar-refractivity contribution >= 4 is 11.3 Å². The van der Waals surface area contributed by atoms with Gasteiger partial charge < -0.3 is 9.73 Å². The van der Waals surface area contributed by atoms with Gasteiger partial charge in [0, 0.05) is 11.1 Å². The zero-order valence-corrected chi connectivity index (χ0v) is 17.2. The van der Waals surface area contributed by atoms with E-state index in [2.05, 4.69) is 46.7 Å². The molecule has 2 heterocycles. The molecule has 4 rings (SSSR count). The summed E-state index contributed by atoms with van der Waals surface area (Å²) in [6.45, 7) is 4.16. The Morgan fingerprint density at radius 3 is 2.55 bits per heavy atom. The highest BCUT2D eigenvalue weighted by molar-refractivity contribution is 7.13. The number of halogens is 1. The largest absolute Gasteiger partial charge is 0.414 e. The number of rotatable bonds is 7. The molecule has 0 saturated carbocycles. The zero-order chi connectivity index (χ0) is 20.2. The molecule has 2 aromatic heterocycles. The molecule has 2 atom stereocenters. The molecule has 0 bridgehead atoms. The normalized spacial score (nSPS) is 13.3. The fraction of sp³-hybridized carbons (Fsp3) is 0.217. The highest BCUT2D eigenvalue weighted by Crippen LogP contribution is 2.25. The molecule has 2 N–H and O–H groups in total. The van der Waals surface area contributed by atoms with Crippen LogP contribution in [0, 0.1) is 5.82 Å². The third-order valence-corrected chi connectivity index (χ3v) is 5.86. The summed E-state index contributed by atoms with van der Waals surface area (Å²) in [6, 6.07) is 19.0. The topological polar surface area (TPSA) is 55.5 Å². The first-order valence-electron chi connectivity index (χ1n) is 9.70. The Morgan fingerprint density at radius 2 is 1.86 bits per heavy atom.